The van der Waals surface area contributed by atoms with Crippen LogP contribution in [0, 0.1) is 11.6 Å². The van der Waals surface area contributed by atoms with Crippen molar-refractivity contribution in [2.75, 3.05) is 24.2 Å². The first-order chi connectivity index (χ1) is 18.5. The predicted molar refractivity (Wildman–Crippen MR) is 148 cm³/mol. The van der Waals surface area contributed by atoms with Crippen molar-refractivity contribution in [3.8, 4) is 0 Å². The van der Waals surface area contributed by atoms with E-state index < -0.39 is 27.7 Å². The summed E-state index contributed by atoms with van der Waals surface area (Å²) in [6.45, 7) is -0.0484. The highest BCUT2D eigenvalue weighted by Gasteiger charge is 2.30. The Hall–Kier alpha value is -3.50. The molecule has 0 aliphatic carbocycles. The number of nitrogens with one attached hydrogen (secondary N) is 1. The fourth-order valence-corrected chi connectivity index (χ4v) is 5.37. The lowest BCUT2D eigenvalue weighted by Gasteiger charge is -2.31. The number of likely N-dealkylation sites (N-methyl/N-ethyl adjacent to an activating group) is 1. The van der Waals surface area contributed by atoms with Crippen molar-refractivity contribution in [2.24, 2.45) is 0 Å². The smallest absolute Gasteiger partial charge is 0.242 e. The van der Waals surface area contributed by atoms with E-state index >= 15 is 0 Å². The molecule has 0 bridgehead atoms. The minimum absolute atomic E-state index is 0.0491. The van der Waals surface area contributed by atoms with Gasteiger partial charge in [-0.15, -0.1) is 0 Å². The average Bonchev–Trinajstić information content (AvgIpc) is 2.89. The maximum Gasteiger partial charge on any atom is 0.242 e. The van der Waals surface area contributed by atoms with E-state index in [0.29, 0.717) is 5.02 Å². The minimum Gasteiger partial charge on any atom is -0.357 e. The standard InChI is InChI=1S/C28H30ClF2N3O4S/c1-32-28(36)26(17-20-8-4-3-5-9-20)33(19-21-10-6-11-22(29)16-21)27(35)12-7-15-34(39(2,37)38)23-13-14-24(30)25(31)18-23/h3-6,8-11,13-14,16,18,26H,7,12,15,17,19H2,1-2H3,(H,32,36)/t26-/m1/s1. The van der Waals surface area contributed by atoms with Gasteiger partial charge in [-0.25, -0.2) is 17.2 Å². The summed E-state index contributed by atoms with van der Waals surface area (Å²) in [5.74, 6) is -3.01. The fourth-order valence-electron chi connectivity index (χ4n) is 4.20. The molecule has 1 atom stereocenters. The Labute approximate surface area is 232 Å². The van der Waals surface area contributed by atoms with E-state index in [2.05, 4.69) is 5.32 Å². The zero-order valence-corrected chi connectivity index (χ0v) is 23.2. The summed E-state index contributed by atoms with van der Waals surface area (Å²) in [6.07, 6.45) is 1.18. The van der Waals surface area contributed by atoms with Gasteiger partial charge in [0, 0.05) is 44.1 Å². The van der Waals surface area contributed by atoms with E-state index in [1.807, 2.05) is 30.3 Å². The first-order valence-corrected chi connectivity index (χ1v) is 14.4. The molecule has 0 aromatic heterocycles. The summed E-state index contributed by atoms with van der Waals surface area (Å²) in [6, 6.07) is 18.2. The molecule has 3 aromatic rings. The molecule has 0 saturated heterocycles. The molecule has 0 heterocycles. The molecule has 0 spiro atoms. The Bertz CT molecular complexity index is 1410. The van der Waals surface area contributed by atoms with Crippen LogP contribution in [0.1, 0.15) is 24.0 Å². The number of carbonyl (C=O) groups excluding carboxylic acids is 2. The van der Waals surface area contributed by atoms with Crippen molar-refractivity contribution in [3.63, 3.8) is 0 Å². The molecule has 39 heavy (non-hydrogen) atoms. The second-order valence-corrected chi connectivity index (χ2v) is 11.4. The van der Waals surface area contributed by atoms with Gasteiger partial charge in [0.05, 0.1) is 11.9 Å². The number of sulfonamides is 1. The van der Waals surface area contributed by atoms with Crippen LogP contribution in [-0.2, 0) is 32.6 Å². The van der Waals surface area contributed by atoms with Gasteiger partial charge in [-0.1, -0.05) is 54.1 Å². The number of hydrogen-bond acceptors (Lipinski definition) is 4. The van der Waals surface area contributed by atoms with Crippen molar-refractivity contribution in [2.45, 2.75) is 31.8 Å². The van der Waals surface area contributed by atoms with Gasteiger partial charge in [-0.3, -0.25) is 13.9 Å². The van der Waals surface area contributed by atoms with E-state index in [-0.39, 0.29) is 49.9 Å². The van der Waals surface area contributed by atoms with Crippen LogP contribution in [0.2, 0.25) is 5.02 Å². The van der Waals surface area contributed by atoms with Crippen molar-refractivity contribution in [1.82, 2.24) is 10.2 Å². The SMILES string of the molecule is CNC(=O)[C@@H](Cc1ccccc1)N(Cc1cccc(Cl)c1)C(=O)CCCN(c1ccc(F)c(F)c1)S(C)(=O)=O. The second kappa shape index (κ2) is 13.5. The van der Waals surface area contributed by atoms with Gasteiger partial charge in [-0.05, 0) is 41.8 Å². The van der Waals surface area contributed by atoms with Crippen molar-refractivity contribution < 1.29 is 26.8 Å². The highest BCUT2D eigenvalue weighted by Crippen LogP contribution is 2.22. The molecule has 3 aromatic carbocycles. The Morgan fingerprint density at radius 3 is 2.26 bits per heavy atom. The van der Waals surface area contributed by atoms with Gasteiger partial charge in [-0.2, -0.15) is 0 Å². The molecule has 7 nitrogen and oxygen atoms in total. The summed E-state index contributed by atoms with van der Waals surface area (Å²) < 4.78 is 52.9. The Morgan fingerprint density at radius 1 is 0.949 bits per heavy atom. The van der Waals surface area contributed by atoms with Crippen LogP contribution in [0.4, 0.5) is 14.5 Å². The topological polar surface area (TPSA) is 86.8 Å². The largest absolute Gasteiger partial charge is 0.357 e. The first kappa shape index (κ1) is 30.0. The van der Waals surface area contributed by atoms with Crippen LogP contribution in [0.15, 0.2) is 72.8 Å². The number of rotatable bonds is 12. The van der Waals surface area contributed by atoms with Gasteiger partial charge >= 0.3 is 0 Å². The Balaban J connectivity index is 1.85. The maximum absolute atomic E-state index is 13.8. The molecule has 0 unspecified atom stereocenters. The zero-order chi connectivity index (χ0) is 28.6. The zero-order valence-electron chi connectivity index (χ0n) is 21.6. The molecule has 0 saturated carbocycles. The summed E-state index contributed by atoms with van der Waals surface area (Å²) in [7, 11) is -2.36. The van der Waals surface area contributed by atoms with E-state index in [4.69, 9.17) is 11.6 Å². The van der Waals surface area contributed by atoms with E-state index in [0.717, 1.165) is 39.9 Å². The number of benzene rings is 3. The van der Waals surface area contributed by atoms with Crippen LogP contribution < -0.4 is 9.62 Å². The van der Waals surface area contributed by atoms with Gasteiger partial charge < -0.3 is 10.2 Å². The molecule has 1 N–H and O–H groups in total. The molecule has 0 radical (unpaired) electrons. The van der Waals surface area contributed by atoms with Crippen LogP contribution in [0.3, 0.4) is 0 Å². The van der Waals surface area contributed by atoms with Gasteiger partial charge in [0.15, 0.2) is 11.6 Å². The van der Waals surface area contributed by atoms with Gasteiger partial charge in [0.1, 0.15) is 6.04 Å². The third-order valence-corrected chi connectivity index (χ3v) is 7.53. The normalized spacial score (nSPS) is 12.0. The lowest BCUT2D eigenvalue weighted by atomic mass is 10.0. The van der Waals surface area contributed by atoms with Gasteiger partial charge in [0.25, 0.3) is 0 Å². The molecule has 208 valence electrons. The van der Waals surface area contributed by atoms with Crippen LogP contribution in [0.5, 0.6) is 0 Å². The highest BCUT2D eigenvalue weighted by atomic mass is 35.5. The Kier molecular flexibility index (Phi) is 10.4. The van der Waals surface area contributed by atoms with Crippen molar-refractivity contribution >= 4 is 39.1 Å². The summed E-state index contributed by atoms with van der Waals surface area (Å²) in [5, 5.41) is 3.11. The predicted octanol–water partition coefficient (Wildman–Crippen LogP) is 4.55. The number of hydrogen-bond donors (Lipinski definition) is 1. The first-order valence-electron chi connectivity index (χ1n) is 12.2. The summed E-state index contributed by atoms with van der Waals surface area (Å²) >= 11 is 6.15. The quantitative estimate of drug-likeness (QED) is 0.342. The van der Waals surface area contributed by atoms with E-state index in [9.17, 15) is 26.8 Å². The minimum atomic E-state index is -3.85. The third kappa shape index (κ3) is 8.49. The molecule has 0 aliphatic heterocycles. The third-order valence-electron chi connectivity index (χ3n) is 6.10. The van der Waals surface area contributed by atoms with Crippen LogP contribution in [0.25, 0.3) is 0 Å². The molecule has 2 amide bonds. The number of nitrogens with zero attached hydrogens (tertiary/aromatic N) is 2. The van der Waals surface area contributed by atoms with E-state index in [1.54, 1.807) is 24.3 Å². The van der Waals surface area contributed by atoms with Gasteiger partial charge in [0.2, 0.25) is 21.8 Å². The molecule has 3 rings (SSSR count). The monoisotopic (exact) mass is 577 g/mol. The maximum atomic E-state index is 13.8. The number of halogens is 3. The van der Waals surface area contributed by atoms with Crippen LogP contribution in [-0.4, -0.2) is 51.0 Å². The summed E-state index contributed by atoms with van der Waals surface area (Å²) in [5.41, 5.74) is 1.53. The average molecular weight is 578 g/mol. The number of anilines is 1. The molecule has 11 heteroatoms. The lowest BCUT2D eigenvalue weighted by molar-refractivity contribution is -0.141. The van der Waals surface area contributed by atoms with Crippen molar-refractivity contribution in [3.05, 3.63) is 101 Å². The van der Waals surface area contributed by atoms with E-state index in [1.165, 1.54) is 11.9 Å². The highest BCUT2D eigenvalue weighted by molar-refractivity contribution is 7.92. The lowest BCUT2D eigenvalue weighted by Crippen LogP contribution is -2.49. The van der Waals surface area contributed by atoms with Crippen molar-refractivity contribution in [1.29, 1.82) is 0 Å². The molecule has 0 aliphatic rings. The number of amides is 2. The Morgan fingerprint density at radius 2 is 1.64 bits per heavy atom. The van der Waals surface area contributed by atoms with Crippen LogP contribution >= 0.6 is 11.6 Å². The summed E-state index contributed by atoms with van der Waals surface area (Å²) in [4.78, 5) is 28.0. The molecular weight excluding hydrogens is 548 g/mol. The fraction of sp³-hybridized carbons (Fsp3) is 0.286. The second-order valence-electron chi connectivity index (χ2n) is 9.01. The number of carbonyl (C=O) groups is 2. The molecular formula is C28H30ClF2N3O4S. The molecule has 0 fully saturated rings.